The van der Waals surface area contributed by atoms with Crippen molar-refractivity contribution < 1.29 is 14.6 Å². The molecule has 0 spiro atoms. The molecule has 4 heteroatoms. The standard InChI is InChI=1S/C15H21NO3/c1-15(2)13(17)5-4-10-16(15)14(18)11-6-8-12(19-3)9-7-11/h6-9,13,17H,4-5,10H2,1-3H3. The average molecular weight is 263 g/mol. The summed E-state index contributed by atoms with van der Waals surface area (Å²) < 4.78 is 5.09. The number of carbonyl (C=O) groups is 1. The van der Waals surface area contributed by atoms with Crippen LogP contribution in [0.5, 0.6) is 5.75 Å². The molecule has 0 aromatic heterocycles. The molecule has 1 heterocycles. The molecule has 1 amide bonds. The van der Waals surface area contributed by atoms with E-state index in [4.69, 9.17) is 4.74 Å². The monoisotopic (exact) mass is 263 g/mol. The molecular weight excluding hydrogens is 242 g/mol. The summed E-state index contributed by atoms with van der Waals surface area (Å²) in [6.45, 7) is 4.52. The molecule has 1 atom stereocenters. The summed E-state index contributed by atoms with van der Waals surface area (Å²) in [5, 5.41) is 10.1. The van der Waals surface area contributed by atoms with Gasteiger partial charge < -0.3 is 14.7 Å². The lowest BCUT2D eigenvalue weighted by atomic mass is 9.86. The fraction of sp³-hybridized carbons (Fsp3) is 0.533. The number of carbonyl (C=O) groups excluding carboxylic acids is 1. The number of aliphatic hydroxyl groups is 1. The van der Waals surface area contributed by atoms with Gasteiger partial charge in [0, 0.05) is 12.1 Å². The molecule has 2 rings (SSSR count). The number of hydrogen-bond donors (Lipinski definition) is 1. The molecule has 1 aliphatic rings. The Morgan fingerprint density at radius 2 is 2.00 bits per heavy atom. The van der Waals surface area contributed by atoms with E-state index in [2.05, 4.69) is 0 Å². The van der Waals surface area contributed by atoms with E-state index in [1.165, 1.54) is 0 Å². The molecule has 0 bridgehead atoms. The van der Waals surface area contributed by atoms with Gasteiger partial charge in [0.05, 0.1) is 18.8 Å². The summed E-state index contributed by atoms with van der Waals surface area (Å²) in [7, 11) is 1.60. The Morgan fingerprint density at radius 3 is 2.58 bits per heavy atom. The van der Waals surface area contributed by atoms with Crippen molar-refractivity contribution in [2.45, 2.75) is 38.3 Å². The molecule has 0 aliphatic carbocycles. The number of amides is 1. The molecule has 1 aromatic rings. The van der Waals surface area contributed by atoms with Gasteiger partial charge in [-0.2, -0.15) is 0 Å². The fourth-order valence-corrected chi connectivity index (χ4v) is 2.52. The third-order valence-corrected chi connectivity index (χ3v) is 3.95. The highest BCUT2D eigenvalue weighted by atomic mass is 16.5. The largest absolute Gasteiger partial charge is 0.497 e. The van der Waals surface area contributed by atoms with Crippen LogP contribution in [0.15, 0.2) is 24.3 Å². The number of methoxy groups -OCH3 is 1. The molecule has 1 N–H and O–H groups in total. The predicted octanol–water partition coefficient (Wildman–Crippen LogP) is 2.07. The smallest absolute Gasteiger partial charge is 0.254 e. The van der Waals surface area contributed by atoms with Gasteiger partial charge in [0.25, 0.3) is 5.91 Å². The van der Waals surface area contributed by atoms with Gasteiger partial charge in [-0.05, 0) is 51.0 Å². The predicted molar refractivity (Wildman–Crippen MR) is 73.4 cm³/mol. The summed E-state index contributed by atoms with van der Waals surface area (Å²) in [4.78, 5) is 14.3. The topological polar surface area (TPSA) is 49.8 Å². The zero-order valence-electron chi connectivity index (χ0n) is 11.7. The van der Waals surface area contributed by atoms with Gasteiger partial charge in [-0.25, -0.2) is 0 Å². The lowest BCUT2D eigenvalue weighted by Gasteiger charge is -2.45. The van der Waals surface area contributed by atoms with Gasteiger partial charge in [-0.1, -0.05) is 0 Å². The Kier molecular flexibility index (Phi) is 3.80. The Bertz CT molecular complexity index is 453. The highest BCUT2D eigenvalue weighted by molar-refractivity contribution is 5.95. The fourth-order valence-electron chi connectivity index (χ4n) is 2.52. The summed E-state index contributed by atoms with van der Waals surface area (Å²) in [6, 6.07) is 7.08. The molecule has 1 aromatic carbocycles. The molecule has 19 heavy (non-hydrogen) atoms. The van der Waals surface area contributed by atoms with Crippen LogP contribution < -0.4 is 4.74 Å². The van der Waals surface area contributed by atoms with E-state index < -0.39 is 11.6 Å². The van der Waals surface area contributed by atoms with E-state index in [-0.39, 0.29) is 5.91 Å². The van der Waals surface area contributed by atoms with E-state index in [0.717, 1.165) is 18.6 Å². The van der Waals surface area contributed by atoms with Gasteiger partial charge >= 0.3 is 0 Å². The SMILES string of the molecule is COc1ccc(C(=O)N2CCCC(O)C2(C)C)cc1. The Hall–Kier alpha value is -1.55. The summed E-state index contributed by atoms with van der Waals surface area (Å²) in [5.41, 5.74) is 0.109. The van der Waals surface area contributed by atoms with Gasteiger partial charge in [0.15, 0.2) is 0 Å². The number of nitrogens with zero attached hydrogens (tertiary/aromatic N) is 1. The highest BCUT2D eigenvalue weighted by Gasteiger charge is 2.40. The second kappa shape index (κ2) is 5.21. The van der Waals surface area contributed by atoms with Gasteiger partial charge in [0.2, 0.25) is 0 Å². The van der Waals surface area contributed by atoms with Gasteiger partial charge in [0.1, 0.15) is 5.75 Å². The molecule has 1 aliphatic heterocycles. The van der Waals surface area contributed by atoms with Gasteiger partial charge in [-0.3, -0.25) is 4.79 Å². The highest BCUT2D eigenvalue weighted by Crippen LogP contribution is 2.29. The van der Waals surface area contributed by atoms with Crippen molar-refractivity contribution in [1.82, 2.24) is 4.90 Å². The van der Waals surface area contributed by atoms with Crippen molar-refractivity contribution in [2.24, 2.45) is 0 Å². The number of ether oxygens (including phenoxy) is 1. The lowest BCUT2D eigenvalue weighted by molar-refractivity contribution is -0.0307. The van der Waals surface area contributed by atoms with Crippen molar-refractivity contribution in [1.29, 1.82) is 0 Å². The first-order valence-corrected chi connectivity index (χ1v) is 6.61. The third kappa shape index (κ3) is 2.59. The molecular formula is C15H21NO3. The second-order valence-electron chi connectivity index (χ2n) is 5.50. The van der Waals surface area contributed by atoms with E-state index in [0.29, 0.717) is 12.1 Å². The minimum absolute atomic E-state index is 0.0357. The first-order valence-electron chi connectivity index (χ1n) is 6.61. The van der Waals surface area contributed by atoms with Crippen LogP contribution in [0.25, 0.3) is 0 Å². The van der Waals surface area contributed by atoms with Crippen LogP contribution in [-0.2, 0) is 0 Å². The zero-order chi connectivity index (χ0) is 14.0. The Balaban J connectivity index is 2.22. The number of hydrogen-bond acceptors (Lipinski definition) is 3. The van der Waals surface area contributed by atoms with Crippen LogP contribution in [-0.4, -0.2) is 41.2 Å². The van der Waals surface area contributed by atoms with Crippen LogP contribution >= 0.6 is 0 Å². The third-order valence-electron chi connectivity index (χ3n) is 3.95. The van der Waals surface area contributed by atoms with Crippen LogP contribution in [0, 0.1) is 0 Å². The molecule has 0 radical (unpaired) electrons. The number of likely N-dealkylation sites (tertiary alicyclic amines) is 1. The van der Waals surface area contributed by atoms with Crippen molar-refractivity contribution in [3.63, 3.8) is 0 Å². The van der Waals surface area contributed by atoms with Crippen molar-refractivity contribution in [3.8, 4) is 5.75 Å². The van der Waals surface area contributed by atoms with Crippen LogP contribution in [0.4, 0.5) is 0 Å². The van der Waals surface area contributed by atoms with Crippen LogP contribution in [0.1, 0.15) is 37.0 Å². The van der Waals surface area contributed by atoms with Crippen LogP contribution in [0.3, 0.4) is 0 Å². The first kappa shape index (κ1) is 13.9. The molecule has 1 unspecified atom stereocenters. The van der Waals surface area contributed by atoms with Crippen molar-refractivity contribution in [3.05, 3.63) is 29.8 Å². The number of aliphatic hydroxyl groups excluding tert-OH is 1. The Labute approximate surface area is 114 Å². The minimum atomic E-state index is -0.519. The maximum absolute atomic E-state index is 12.5. The average Bonchev–Trinajstić information content (AvgIpc) is 2.41. The summed E-state index contributed by atoms with van der Waals surface area (Å²) in [5.74, 6) is 0.695. The lowest BCUT2D eigenvalue weighted by Crippen LogP contribution is -2.58. The van der Waals surface area contributed by atoms with Crippen LogP contribution in [0.2, 0.25) is 0 Å². The Morgan fingerprint density at radius 1 is 1.37 bits per heavy atom. The van der Waals surface area contributed by atoms with Crippen molar-refractivity contribution >= 4 is 5.91 Å². The maximum atomic E-state index is 12.5. The van der Waals surface area contributed by atoms with E-state index in [1.807, 2.05) is 13.8 Å². The molecule has 1 fully saturated rings. The van der Waals surface area contributed by atoms with Crippen molar-refractivity contribution in [2.75, 3.05) is 13.7 Å². The number of benzene rings is 1. The van der Waals surface area contributed by atoms with E-state index in [9.17, 15) is 9.90 Å². The second-order valence-corrected chi connectivity index (χ2v) is 5.50. The van der Waals surface area contributed by atoms with E-state index >= 15 is 0 Å². The molecule has 4 nitrogen and oxygen atoms in total. The normalized spacial score (nSPS) is 22.1. The molecule has 1 saturated heterocycles. The number of rotatable bonds is 2. The number of piperidine rings is 1. The quantitative estimate of drug-likeness (QED) is 0.888. The summed E-state index contributed by atoms with van der Waals surface area (Å²) in [6.07, 6.45) is 1.12. The molecule has 0 saturated carbocycles. The minimum Gasteiger partial charge on any atom is -0.497 e. The summed E-state index contributed by atoms with van der Waals surface area (Å²) >= 11 is 0. The maximum Gasteiger partial charge on any atom is 0.254 e. The zero-order valence-corrected chi connectivity index (χ0v) is 11.7. The first-order chi connectivity index (χ1) is 8.96. The van der Waals surface area contributed by atoms with Gasteiger partial charge in [-0.15, -0.1) is 0 Å². The van der Waals surface area contributed by atoms with E-state index in [1.54, 1.807) is 36.3 Å². The molecule has 104 valence electrons.